The summed E-state index contributed by atoms with van der Waals surface area (Å²) in [5.41, 5.74) is 2.57. The standard InChI is InChI=1S/C21H20N2/c22-13-6-14-23(16-18-7-2-1-3-8-18)17-19-11-12-20-9-4-5-10-21(20)15-19/h1-5,7-12,15H,6,14,16-17H2. The molecule has 0 saturated heterocycles. The van der Waals surface area contributed by atoms with Crippen LogP contribution in [0.1, 0.15) is 17.5 Å². The smallest absolute Gasteiger partial charge is 0.0635 e. The molecule has 0 aromatic heterocycles. The van der Waals surface area contributed by atoms with Gasteiger partial charge in [0.15, 0.2) is 0 Å². The topological polar surface area (TPSA) is 27.0 Å². The van der Waals surface area contributed by atoms with Crippen molar-refractivity contribution in [3.63, 3.8) is 0 Å². The van der Waals surface area contributed by atoms with Crippen LogP contribution in [0.25, 0.3) is 10.8 Å². The van der Waals surface area contributed by atoms with Crippen molar-refractivity contribution < 1.29 is 0 Å². The van der Waals surface area contributed by atoms with E-state index in [0.29, 0.717) is 6.42 Å². The molecule has 0 N–H and O–H groups in total. The average Bonchev–Trinajstić information content (AvgIpc) is 2.60. The fourth-order valence-electron chi connectivity index (χ4n) is 2.86. The quantitative estimate of drug-likeness (QED) is 0.656. The first-order chi connectivity index (χ1) is 11.3. The van der Waals surface area contributed by atoms with Crippen molar-refractivity contribution in [2.75, 3.05) is 6.54 Å². The molecule has 0 unspecified atom stereocenters. The third kappa shape index (κ3) is 4.18. The highest BCUT2D eigenvalue weighted by Gasteiger charge is 2.07. The molecule has 3 rings (SSSR count). The maximum absolute atomic E-state index is 8.91. The lowest BCUT2D eigenvalue weighted by molar-refractivity contribution is 0.263. The first-order valence-electron chi connectivity index (χ1n) is 7.96. The highest BCUT2D eigenvalue weighted by molar-refractivity contribution is 5.82. The largest absolute Gasteiger partial charge is 0.294 e. The monoisotopic (exact) mass is 300 g/mol. The third-order valence-corrected chi connectivity index (χ3v) is 4.01. The average molecular weight is 300 g/mol. The molecular weight excluding hydrogens is 280 g/mol. The van der Waals surface area contributed by atoms with Gasteiger partial charge in [-0.15, -0.1) is 0 Å². The van der Waals surface area contributed by atoms with Gasteiger partial charge in [-0.1, -0.05) is 66.7 Å². The predicted molar refractivity (Wildman–Crippen MR) is 94.7 cm³/mol. The van der Waals surface area contributed by atoms with Crippen molar-refractivity contribution in [1.29, 1.82) is 5.26 Å². The summed E-state index contributed by atoms with van der Waals surface area (Å²) in [4.78, 5) is 2.34. The van der Waals surface area contributed by atoms with Crippen LogP contribution in [0.3, 0.4) is 0 Å². The lowest BCUT2D eigenvalue weighted by Gasteiger charge is -2.21. The number of rotatable bonds is 6. The first-order valence-corrected chi connectivity index (χ1v) is 7.96. The van der Waals surface area contributed by atoms with Gasteiger partial charge in [0.25, 0.3) is 0 Å². The molecule has 0 atom stereocenters. The van der Waals surface area contributed by atoms with Crippen LogP contribution in [0, 0.1) is 11.3 Å². The molecule has 0 radical (unpaired) electrons. The molecule has 114 valence electrons. The molecule has 2 nitrogen and oxygen atoms in total. The van der Waals surface area contributed by atoms with E-state index >= 15 is 0 Å². The number of hydrogen-bond acceptors (Lipinski definition) is 2. The second kappa shape index (κ2) is 7.58. The summed E-state index contributed by atoms with van der Waals surface area (Å²) in [6.07, 6.45) is 0.556. The molecule has 3 aromatic rings. The van der Waals surface area contributed by atoms with Crippen LogP contribution in [0.4, 0.5) is 0 Å². The van der Waals surface area contributed by atoms with E-state index in [1.807, 2.05) is 6.07 Å². The van der Waals surface area contributed by atoms with Gasteiger partial charge in [-0.3, -0.25) is 4.90 Å². The lowest BCUT2D eigenvalue weighted by atomic mass is 10.1. The second-order valence-electron chi connectivity index (χ2n) is 5.79. The zero-order chi connectivity index (χ0) is 15.9. The summed E-state index contributed by atoms with van der Waals surface area (Å²) in [6, 6.07) is 27.7. The van der Waals surface area contributed by atoms with Gasteiger partial charge >= 0.3 is 0 Å². The number of nitrogens with zero attached hydrogens (tertiary/aromatic N) is 2. The summed E-state index contributed by atoms with van der Waals surface area (Å²) in [7, 11) is 0. The van der Waals surface area contributed by atoms with Crippen LogP contribution >= 0.6 is 0 Å². The van der Waals surface area contributed by atoms with E-state index in [0.717, 1.165) is 19.6 Å². The van der Waals surface area contributed by atoms with Gasteiger partial charge < -0.3 is 0 Å². The molecule has 2 heteroatoms. The minimum absolute atomic E-state index is 0.556. The zero-order valence-electron chi connectivity index (χ0n) is 13.2. The van der Waals surface area contributed by atoms with E-state index in [1.54, 1.807) is 0 Å². The third-order valence-electron chi connectivity index (χ3n) is 4.01. The minimum atomic E-state index is 0.556. The Morgan fingerprint density at radius 2 is 1.43 bits per heavy atom. The molecule has 0 aliphatic rings. The van der Waals surface area contributed by atoms with Crippen LogP contribution in [0.15, 0.2) is 72.8 Å². The molecule has 0 aliphatic carbocycles. The molecular formula is C21H20N2. The Labute approximate surface area is 137 Å². The molecule has 0 aliphatic heterocycles. The molecule has 0 heterocycles. The van der Waals surface area contributed by atoms with Crippen molar-refractivity contribution in [1.82, 2.24) is 4.90 Å². The van der Waals surface area contributed by atoms with Crippen molar-refractivity contribution in [2.24, 2.45) is 0 Å². The minimum Gasteiger partial charge on any atom is -0.294 e. The first kappa shape index (κ1) is 15.3. The van der Waals surface area contributed by atoms with E-state index in [-0.39, 0.29) is 0 Å². The van der Waals surface area contributed by atoms with Crippen molar-refractivity contribution in [2.45, 2.75) is 19.5 Å². The van der Waals surface area contributed by atoms with Gasteiger partial charge in [0.2, 0.25) is 0 Å². The Morgan fingerprint density at radius 3 is 2.22 bits per heavy atom. The Kier molecular flexibility index (Phi) is 5.03. The van der Waals surface area contributed by atoms with Crippen molar-refractivity contribution >= 4 is 10.8 Å². The Morgan fingerprint density at radius 1 is 0.739 bits per heavy atom. The number of benzene rings is 3. The SMILES string of the molecule is N#CCCN(Cc1ccccc1)Cc1ccc2ccccc2c1. The van der Waals surface area contributed by atoms with Crippen LogP contribution in [-0.2, 0) is 13.1 Å². The Bertz CT molecular complexity index is 803. The van der Waals surface area contributed by atoms with Crippen molar-refractivity contribution in [3.8, 4) is 6.07 Å². The number of hydrogen-bond donors (Lipinski definition) is 0. The van der Waals surface area contributed by atoms with E-state index in [4.69, 9.17) is 5.26 Å². The Balaban J connectivity index is 1.77. The van der Waals surface area contributed by atoms with E-state index in [1.165, 1.54) is 21.9 Å². The van der Waals surface area contributed by atoms with Gasteiger partial charge in [0, 0.05) is 26.1 Å². The van der Waals surface area contributed by atoms with Gasteiger partial charge in [0.1, 0.15) is 0 Å². The number of nitriles is 1. The fraction of sp³-hybridized carbons (Fsp3) is 0.190. The highest BCUT2D eigenvalue weighted by atomic mass is 15.1. The van der Waals surface area contributed by atoms with Crippen LogP contribution < -0.4 is 0 Å². The number of fused-ring (bicyclic) bond motifs is 1. The summed E-state index contributed by atoms with van der Waals surface area (Å²) in [6.45, 7) is 2.52. The fourth-order valence-corrected chi connectivity index (χ4v) is 2.86. The van der Waals surface area contributed by atoms with Gasteiger partial charge in [-0.25, -0.2) is 0 Å². The van der Waals surface area contributed by atoms with Gasteiger partial charge in [-0.05, 0) is 28.0 Å². The summed E-state index contributed by atoms with van der Waals surface area (Å²) < 4.78 is 0. The maximum atomic E-state index is 8.91. The molecule has 23 heavy (non-hydrogen) atoms. The van der Waals surface area contributed by atoms with Crippen LogP contribution in [0.2, 0.25) is 0 Å². The molecule has 0 amide bonds. The Hall–Kier alpha value is -2.63. The molecule has 0 saturated carbocycles. The normalized spacial score (nSPS) is 10.8. The van der Waals surface area contributed by atoms with Gasteiger partial charge in [-0.2, -0.15) is 5.26 Å². The molecule has 3 aromatic carbocycles. The van der Waals surface area contributed by atoms with E-state index < -0.39 is 0 Å². The summed E-state index contributed by atoms with van der Waals surface area (Å²) >= 11 is 0. The summed E-state index contributed by atoms with van der Waals surface area (Å²) in [5.74, 6) is 0. The lowest BCUT2D eigenvalue weighted by Crippen LogP contribution is -2.23. The van der Waals surface area contributed by atoms with E-state index in [2.05, 4.69) is 77.7 Å². The second-order valence-corrected chi connectivity index (χ2v) is 5.79. The highest BCUT2D eigenvalue weighted by Crippen LogP contribution is 2.18. The van der Waals surface area contributed by atoms with E-state index in [9.17, 15) is 0 Å². The zero-order valence-corrected chi connectivity index (χ0v) is 13.2. The maximum Gasteiger partial charge on any atom is 0.0635 e. The predicted octanol–water partition coefficient (Wildman–Crippen LogP) is 4.76. The molecule has 0 bridgehead atoms. The van der Waals surface area contributed by atoms with Gasteiger partial charge in [0.05, 0.1) is 6.07 Å². The van der Waals surface area contributed by atoms with Crippen molar-refractivity contribution in [3.05, 3.63) is 83.9 Å². The molecule has 0 fully saturated rings. The molecule has 0 spiro atoms. The van der Waals surface area contributed by atoms with Crippen LogP contribution in [-0.4, -0.2) is 11.4 Å². The van der Waals surface area contributed by atoms with Crippen LogP contribution in [0.5, 0.6) is 0 Å². The summed E-state index contributed by atoms with van der Waals surface area (Å²) in [5, 5.41) is 11.4.